The molecule has 0 saturated carbocycles. The van der Waals surface area contributed by atoms with Crippen LogP contribution in [0.2, 0.25) is 0 Å². The molecule has 1 aromatic carbocycles. The second-order valence-electron chi connectivity index (χ2n) is 5.99. The third-order valence-corrected chi connectivity index (χ3v) is 3.30. The van der Waals surface area contributed by atoms with Gasteiger partial charge in [-0.15, -0.1) is 0 Å². The highest BCUT2D eigenvalue weighted by Crippen LogP contribution is 2.25. The van der Waals surface area contributed by atoms with Gasteiger partial charge in [0.2, 0.25) is 0 Å². The molecular formula is C16H24O2. The number of carboxylic acids is 1. The molecule has 1 rings (SSSR count). The van der Waals surface area contributed by atoms with E-state index in [0.29, 0.717) is 0 Å². The molecule has 0 heterocycles. The number of hydrogen-bond acceptors (Lipinski definition) is 1. The molecule has 0 radical (unpaired) electrons. The van der Waals surface area contributed by atoms with Gasteiger partial charge >= 0.3 is 5.97 Å². The lowest BCUT2D eigenvalue weighted by Gasteiger charge is -2.20. The van der Waals surface area contributed by atoms with Crippen molar-refractivity contribution >= 4 is 5.97 Å². The van der Waals surface area contributed by atoms with Crippen molar-refractivity contribution in [2.45, 2.75) is 58.8 Å². The van der Waals surface area contributed by atoms with Crippen molar-refractivity contribution in [2.24, 2.45) is 0 Å². The molecule has 0 aromatic heterocycles. The lowest BCUT2D eigenvalue weighted by atomic mass is 9.85. The lowest BCUT2D eigenvalue weighted by molar-refractivity contribution is -0.137. The van der Waals surface area contributed by atoms with Gasteiger partial charge in [-0.3, -0.25) is 4.79 Å². The van der Waals surface area contributed by atoms with Crippen LogP contribution in [0.4, 0.5) is 0 Å². The third-order valence-electron chi connectivity index (χ3n) is 3.30. The number of carbonyl (C=O) groups is 1. The minimum absolute atomic E-state index is 0.187. The number of rotatable bonds is 5. The smallest absolute Gasteiger partial charge is 0.303 e. The Morgan fingerprint density at radius 3 is 2.39 bits per heavy atom. The number of benzene rings is 1. The SMILES string of the molecule is Cc1cc(C(C)(C)C)ccc1CCCCC(=O)O. The highest BCUT2D eigenvalue weighted by Gasteiger charge is 2.14. The summed E-state index contributed by atoms with van der Waals surface area (Å²) in [7, 11) is 0. The average Bonchev–Trinajstić information content (AvgIpc) is 2.24. The van der Waals surface area contributed by atoms with Crippen molar-refractivity contribution in [1.82, 2.24) is 0 Å². The summed E-state index contributed by atoms with van der Waals surface area (Å²) in [4.78, 5) is 10.4. The second-order valence-corrected chi connectivity index (χ2v) is 5.99. The molecule has 18 heavy (non-hydrogen) atoms. The number of hydrogen-bond donors (Lipinski definition) is 1. The van der Waals surface area contributed by atoms with Crippen molar-refractivity contribution in [1.29, 1.82) is 0 Å². The Morgan fingerprint density at radius 2 is 1.89 bits per heavy atom. The first-order valence-electron chi connectivity index (χ1n) is 6.62. The zero-order chi connectivity index (χ0) is 13.8. The molecule has 0 spiro atoms. The van der Waals surface area contributed by atoms with E-state index in [1.807, 2.05) is 0 Å². The first-order valence-corrected chi connectivity index (χ1v) is 6.62. The molecule has 0 bridgehead atoms. The van der Waals surface area contributed by atoms with Crippen LogP contribution in [0.1, 0.15) is 56.7 Å². The molecule has 2 nitrogen and oxygen atoms in total. The normalized spacial score (nSPS) is 11.6. The molecule has 0 fully saturated rings. The third kappa shape index (κ3) is 4.52. The number of carboxylic acid groups (broad SMARTS) is 1. The van der Waals surface area contributed by atoms with Crippen molar-refractivity contribution in [3.05, 3.63) is 34.9 Å². The van der Waals surface area contributed by atoms with E-state index < -0.39 is 5.97 Å². The van der Waals surface area contributed by atoms with E-state index >= 15 is 0 Å². The summed E-state index contributed by atoms with van der Waals surface area (Å²) in [5, 5.41) is 8.59. The van der Waals surface area contributed by atoms with Gasteiger partial charge in [0, 0.05) is 6.42 Å². The Morgan fingerprint density at radius 1 is 1.22 bits per heavy atom. The predicted octanol–water partition coefficient (Wildman–Crippen LogP) is 4.09. The van der Waals surface area contributed by atoms with E-state index in [1.54, 1.807) is 0 Å². The molecule has 1 N–H and O–H groups in total. The lowest BCUT2D eigenvalue weighted by Crippen LogP contribution is -2.11. The maximum atomic E-state index is 10.4. The first-order chi connectivity index (χ1) is 8.30. The van der Waals surface area contributed by atoms with E-state index in [0.717, 1.165) is 19.3 Å². The van der Waals surface area contributed by atoms with Gasteiger partial charge in [0.25, 0.3) is 0 Å². The first kappa shape index (κ1) is 14.7. The van der Waals surface area contributed by atoms with Crippen molar-refractivity contribution < 1.29 is 9.90 Å². The molecule has 100 valence electrons. The Bertz CT molecular complexity index is 414. The average molecular weight is 248 g/mol. The van der Waals surface area contributed by atoms with Crippen LogP contribution in [0.3, 0.4) is 0 Å². The van der Waals surface area contributed by atoms with E-state index in [4.69, 9.17) is 5.11 Å². The minimum Gasteiger partial charge on any atom is -0.481 e. The van der Waals surface area contributed by atoms with Gasteiger partial charge in [-0.25, -0.2) is 0 Å². The Kier molecular flexibility index (Phi) is 4.94. The van der Waals surface area contributed by atoms with E-state index in [2.05, 4.69) is 45.9 Å². The largest absolute Gasteiger partial charge is 0.481 e. The van der Waals surface area contributed by atoms with Crippen LogP contribution < -0.4 is 0 Å². The van der Waals surface area contributed by atoms with Crippen molar-refractivity contribution in [3.63, 3.8) is 0 Å². The Labute approximate surface area is 110 Å². The van der Waals surface area contributed by atoms with E-state index in [1.165, 1.54) is 16.7 Å². The zero-order valence-electron chi connectivity index (χ0n) is 11.9. The molecule has 0 aliphatic rings. The molecule has 0 saturated heterocycles. The monoisotopic (exact) mass is 248 g/mol. The van der Waals surface area contributed by atoms with Gasteiger partial charge in [-0.2, -0.15) is 0 Å². The summed E-state index contributed by atoms with van der Waals surface area (Å²) in [6.45, 7) is 8.79. The summed E-state index contributed by atoms with van der Waals surface area (Å²) in [5.74, 6) is -0.699. The van der Waals surface area contributed by atoms with Crippen LogP contribution in [-0.2, 0) is 16.6 Å². The highest BCUT2D eigenvalue weighted by molar-refractivity contribution is 5.66. The quantitative estimate of drug-likeness (QED) is 0.797. The van der Waals surface area contributed by atoms with Crippen LogP contribution in [0.5, 0.6) is 0 Å². The molecule has 0 atom stereocenters. The van der Waals surface area contributed by atoms with Crippen molar-refractivity contribution in [3.8, 4) is 0 Å². The fourth-order valence-corrected chi connectivity index (χ4v) is 2.03. The number of unbranched alkanes of at least 4 members (excludes halogenated alkanes) is 1. The summed E-state index contributed by atoms with van der Waals surface area (Å²) < 4.78 is 0. The maximum absolute atomic E-state index is 10.4. The molecule has 0 unspecified atom stereocenters. The van der Waals surface area contributed by atoms with Gasteiger partial charge in [0.1, 0.15) is 0 Å². The topological polar surface area (TPSA) is 37.3 Å². The van der Waals surface area contributed by atoms with Crippen molar-refractivity contribution in [2.75, 3.05) is 0 Å². The van der Waals surface area contributed by atoms with Gasteiger partial charge in [-0.1, -0.05) is 39.0 Å². The second kappa shape index (κ2) is 6.03. The van der Waals surface area contributed by atoms with Gasteiger partial charge < -0.3 is 5.11 Å². The number of aryl methyl sites for hydroxylation is 2. The van der Waals surface area contributed by atoms with Crippen LogP contribution in [0.25, 0.3) is 0 Å². The molecular weight excluding hydrogens is 224 g/mol. The Balaban J connectivity index is 2.60. The summed E-state index contributed by atoms with van der Waals surface area (Å²) in [5.41, 5.74) is 4.20. The van der Waals surface area contributed by atoms with Crippen LogP contribution in [-0.4, -0.2) is 11.1 Å². The predicted molar refractivity (Wildman–Crippen MR) is 75.1 cm³/mol. The molecule has 0 aliphatic carbocycles. The fraction of sp³-hybridized carbons (Fsp3) is 0.562. The van der Waals surface area contributed by atoms with Gasteiger partial charge in [0.05, 0.1) is 0 Å². The zero-order valence-corrected chi connectivity index (χ0v) is 11.9. The van der Waals surface area contributed by atoms with E-state index in [-0.39, 0.29) is 11.8 Å². The molecule has 0 aliphatic heterocycles. The maximum Gasteiger partial charge on any atom is 0.303 e. The molecule has 2 heteroatoms. The standard InChI is InChI=1S/C16H24O2/c1-12-11-14(16(2,3)4)10-9-13(12)7-5-6-8-15(17)18/h9-11H,5-8H2,1-4H3,(H,17,18). The van der Waals surface area contributed by atoms with Gasteiger partial charge in [0.15, 0.2) is 0 Å². The van der Waals surface area contributed by atoms with Crippen LogP contribution in [0, 0.1) is 6.92 Å². The highest BCUT2D eigenvalue weighted by atomic mass is 16.4. The fourth-order valence-electron chi connectivity index (χ4n) is 2.03. The number of aliphatic carboxylic acids is 1. The summed E-state index contributed by atoms with van der Waals surface area (Å²) in [6, 6.07) is 6.64. The summed E-state index contributed by atoms with van der Waals surface area (Å²) in [6.07, 6.45) is 2.96. The van der Waals surface area contributed by atoms with E-state index in [9.17, 15) is 4.79 Å². The minimum atomic E-state index is -0.699. The summed E-state index contributed by atoms with van der Waals surface area (Å²) >= 11 is 0. The Hall–Kier alpha value is -1.31. The van der Waals surface area contributed by atoms with Crippen LogP contribution >= 0.6 is 0 Å². The molecule has 0 amide bonds. The van der Waals surface area contributed by atoms with Gasteiger partial charge in [-0.05, 0) is 48.3 Å². The molecule has 1 aromatic rings. The van der Waals surface area contributed by atoms with Crippen LogP contribution in [0.15, 0.2) is 18.2 Å².